The van der Waals surface area contributed by atoms with Gasteiger partial charge in [-0.1, -0.05) is 90.5 Å². The van der Waals surface area contributed by atoms with Crippen molar-refractivity contribution in [2.24, 2.45) is 5.10 Å². The molecule has 0 radical (unpaired) electrons. The van der Waals surface area contributed by atoms with Crippen molar-refractivity contribution in [1.82, 2.24) is 15.2 Å². The van der Waals surface area contributed by atoms with E-state index in [2.05, 4.69) is 39.9 Å². The van der Waals surface area contributed by atoms with Crippen LogP contribution in [0.4, 0.5) is 0 Å². The number of carbonyl (C=O) groups excluding carboxylic acids is 1. The largest absolute Gasteiger partial charge is 0.291 e. The maximum Gasteiger partial charge on any atom is 0.291 e. The third-order valence-electron chi connectivity index (χ3n) is 5.47. The van der Waals surface area contributed by atoms with Crippen LogP contribution < -0.4 is 5.43 Å². The van der Waals surface area contributed by atoms with Crippen molar-refractivity contribution in [3.63, 3.8) is 0 Å². The highest BCUT2D eigenvalue weighted by Gasteiger charge is 2.18. The number of para-hydroxylation sites is 1. The van der Waals surface area contributed by atoms with E-state index in [1.54, 1.807) is 10.9 Å². The highest BCUT2D eigenvalue weighted by atomic mass is 16.2. The molecule has 5 rings (SSSR count). The SMILES string of the molecule is Cc1ccc(/C=N\NC(=O)c2cc(-c3cccc4ccccc34)n(-c3ccccc3)n2)cc1. The smallest absolute Gasteiger partial charge is 0.265 e. The molecule has 0 saturated heterocycles. The molecule has 0 atom stereocenters. The van der Waals surface area contributed by atoms with Gasteiger partial charge in [-0.15, -0.1) is 0 Å². The summed E-state index contributed by atoms with van der Waals surface area (Å²) in [6.45, 7) is 2.03. The van der Waals surface area contributed by atoms with Crippen LogP contribution in [0.1, 0.15) is 21.6 Å². The summed E-state index contributed by atoms with van der Waals surface area (Å²) in [4.78, 5) is 12.9. The molecule has 1 N–H and O–H groups in total. The molecule has 1 aromatic heterocycles. The molecule has 0 unspecified atom stereocenters. The molecule has 33 heavy (non-hydrogen) atoms. The molecule has 0 bridgehead atoms. The second-order valence-electron chi connectivity index (χ2n) is 7.80. The Kier molecular flexibility index (Phi) is 5.52. The molecule has 0 saturated carbocycles. The number of amides is 1. The van der Waals surface area contributed by atoms with Crippen molar-refractivity contribution >= 4 is 22.9 Å². The zero-order chi connectivity index (χ0) is 22.6. The Labute approximate surface area is 192 Å². The van der Waals surface area contributed by atoms with Gasteiger partial charge >= 0.3 is 0 Å². The number of aromatic nitrogens is 2. The maximum absolute atomic E-state index is 12.9. The summed E-state index contributed by atoms with van der Waals surface area (Å²) in [5.41, 5.74) is 7.69. The average Bonchev–Trinajstić information content (AvgIpc) is 3.31. The van der Waals surface area contributed by atoms with Crippen molar-refractivity contribution in [3.05, 3.63) is 120 Å². The number of rotatable bonds is 5. The Morgan fingerprint density at radius 1 is 0.879 bits per heavy atom. The first-order valence-corrected chi connectivity index (χ1v) is 10.7. The molecule has 0 aliphatic heterocycles. The summed E-state index contributed by atoms with van der Waals surface area (Å²) >= 11 is 0. The van der Waals surface area contributed by atoms with Crippen LogP contribution in [0.5, 0.6) is 0 Å². The fourth-order valence-corrected chi connectivity index (χ4v) is 3.77. The predicted octanol–water partition coefficient (Wildman–Crippen LogP) is 5.76. The highest BCUT2D eigenvalue weighted by molar-refractivity contribution is 5.99. The molecule has 5 aromatic rings. The van der Waals surface area contributed by atoms with Crippen LogP contribution in [0.3, 0.4) is 0 Å². The molecule has 0 fully saturated rings. The number of hydrogen-bond donors (Lipinski definition) is 1. The van der Waals surface area contributed by atoms with Crippen LogP contribution in [0.25, 0.3) is 27.7 Å². The second kappa shape index (κ2) is 8.93. The summed E-state index contributed by atoms with van der Waals surface area (Å²) in [5, 5.41) is 11.0. The van der Waals surface area contributed by atoms with Crippen molar-refractivity contribution in [1.29, 1.82) is 0 Å². The standard InChI is InChI=1S/C28H22N4O/c1-20-14-16-21(17-15-20)19-29-30-28(33)26-18-27(32(31-26)23-10-3-2-4-11-23)25-13-7-9-22-8-5-6-12-24(22)25/h2-19H,1H3,(H,30,33)/b29-19-. The summed E-state index contributed by atoms with van der Waals surface area (Å²) in [6.07, 6.45) is 1.62. The van der Waals surface area contributed by atoms with Gasteiger partial charge in [-0.25, -0.2) is 10.1 Å². The van der Waals surface area contributed by atoms with E-state index in [0.29, 0.717) is 5.69 Å². The van der Waals surface area contributed by atoms with Gasteiger partial charge in [-0.2, -0.15) is 10.2 Å². The zero-order valence-corrected chi connectivity index (χ0v) is 18.1. The number of nitrogens with zero attached hydrogens (tertiary/aromatic N) is 3. The number of nitrogens with one attached hydrogen (secondary N) is 1. The van der Waals surface area contributed by atoms with Gasteiger partial charge in [0.1, 0.15) is 0 Å². The van der Waals surface area contributed by atoms with Gasteiger partial charge < -0.3 is 0 Å². The quantitative estimate of drug-likeness (QED) is 0.284. The van der Waals surface area contributed by atoms with Crippen LogP contribution in [0, 0.1) is 6.92 Å². The molecule has 0 aliphatic rings. The van der Waals surface area contributed by atoms with Gasteiger partial charge in [0.2, 0.25) is 0 Å². The lowest BCUT2D eigenvalue weighted by molar-refractivity contribution is 0.0949. The topological polar surface area (TPSA) is 59.3 Å². The number of fused-ring (bicyclic) bond motifs is 1. The van der Waals surface area contributed by atoms with Gasteiger partial charge in [-0.3, -0.25) is 4.79 Å². The lowest BCUT2D eigenvalue weighted by Crippen LogP contribution is -2.18. The number of benzene rings is 4. The van der Waals surface area contributed by atoms with Gasteiger partial charge in [-0.05, 0) is 41.5 Å². The van der Waals surface area contributed by atoms with Crippen LogP contribution >= 0.6 is 0 Å². The minimum atomic E-state index is -0.366. The van der Waals surface area contributed by atoms with E-state index in [-0.39, 0.29) is 5.91 Å². The molecule has 5 heteroatoms. The Balaban J connectivity index is 1.52. The molecule has 160 valence electrons. The Bertz CT molecular complexity index is 1450. The molecule has 0 aliphatic carbocycles. The molecule has 5 nitrogen and oxygen atoms in total. The number of hydrogen-bond acceptors (Lipinski definition) is 3. The van der Waals surface area contributed by atoms with Crippen LogP contribution in [-0.2, 0) is 0 Å². The normalized spacial score (nSPS) is 11.2. The number of hydrazone groups is 1. The Hall–Kier alpha value is -4.51. The van der Waals surface area contributed by atoms with Crippen molar-refractivity contribution in [3.8, 4) is 16.9 Å². The van der Waals surface area contributed by atoms with E-state index >= 15 is 0 Å². The fourth-order valence-electron chi connectivity index (χ4n) is 3.77. The molecule has 4 aromatic carbocycles. The van der Waals surface area contributed by atoms with Gasteiger partial charge in [0.15, 0.2) is 5.69 Å². The lowest BCUT2D eigenvalue weighted by Gasteiger charge is -2.10. The first-order valence-electron chi connectivity index (χ1n) is 10.7. The lowest BCUT2D eigenvalue weighted by atomic mass is 10.0. The summed E-state index contributed by atoms with van der Waals surface area (Å²) in [7, 11) is 0. The first-order chi connectivity index (χ1) is 16.2. The molecular formula is C28H22N4O. The van der Waals surface area contributed by atoms with Gasteiger partial charge in [0.05, 0.1) is 17.6 Å². The minimum absolute atomic E-state index is 0.294. The van der Waals surface area contributed by atoms with E-state index < -0.39 is 0 Å². The van der Waals surface area contributed by atoms with E-state index in [1.165, 1.54) is 5.56 Å². The second-order valence-corrected chi connectivity index (χ2v) is 7.80. The third kappa shape index (κ3) is 4.29. The average molecular weight is 431 g/mol. The van der Waals surface area contributed by atoms with Gasteiger partial charge in [0, 0.05) is 5.56 Å². The van der Waals surface area contributed by atoms with Crippen LogP contribution in [-0.4, -0.2) is 21.9 Å². The summed E-state index contributed by atoms with van der Waals surface area (Å²) in [5.74, 6) is -0.366. The molecule has 0 spiro atoms. The molecular weight excluding hydrogens is 408 g/mol. The zero-order valence-electron chi connectivity index (χ0n) is 18.1. The van der Waals surface area contributed by atoms with E-state index in [1.807, 2.05) is 85.8 Å². The number of aryl methyl sites for hydroxylation is 1. The summed E-state index contributed by atoms with van der Waals surface area (Å²) in [6, 6.07) is 33.9. The monoisotopic (exact) mass is 430 g/mol. The third-order valence-corrected chi connectivity index (χ3v) is 5.47. The summed E-state index contributed by atoms with van der Waals surface area (Å²) < 4.78 is 1.81. The van der Waals surface area contributed by atoms with Crippen molar-refractivity contribution < 1.29 is 4.79 Å². The highest BCUT2D eigenvalue weighted by Crippen LogP contribution is 2.31. The van der Waals surface area contributed by atoms with Crippen LogP contribution in [0.15, 0.2) is 108 Å². The van der Waals surface area contributed by atoms with Crippen molar-refractivity contribution in [2.45, 2.75) is 6.92 Å². The predicted molar refractivity (Wildman–Crippen MR) is 133 cm³/mol. The Morgan fingerprint density at radius 3 is 2.42 bits per heavy atom. The van der Waals surface area contributed by atoms with Crippen LogP contribution in [0.2, 0.25) is 0 Å². The van der Waals surface area contributed by atoms with Gasteiger partial charge in [0.25, 0.3) is 5.91 Å². The molecule has 1 amide bonds. The Morgan fingerprint density at radius 2 is 1.61 bits per heavy atom. The van der Waals surface area contributed by atoms with E-state index in [4.69, 9.17) is 0 Å². The van der Waals surface area contributed by atoms with E-state index in [0.717, 1.165) is 33.3 Å². The fraction of sp³-hybridized carbons (Fsp3) is 0.0357. The number of carbonyl (C=O) groups is 1. The van der Waals surface area contributed by atoms with E-state index in [9.17, 15) is 4.79 Å². The molecule has 1 heterocycles. The first kappa shape index (κ1) is 20.4. The van der Waals surface area contributed by atoms with Crippen molar-refractivity contribution in [2.75, 3.05) is 0 Å². The maximum atomic E-state index is 12.9. The minimum Gasteiger partial charge on any atom is -0.265 e.